The van der Waals surface area contributed by atoms with Crippen LogP contribution in [0.25, 0.3) is 10.8 Å². The fourth-order valence-electron chi connectivity index (χ4n) is 6.79. The lowest BCUT2D eigenvalue weighted by Gasteiger charge is -2.44. The third-order valence-electron chi connectivity index (χ3n) is 9.38. The molecule has 4 fully saturated rings. The third-order valence-corrected chi connectivity index (χ3v) is 9.71. The molecule has 1 spiro atoms. The molecule has 194 valence electrons. The van der Waals surface area contributed by atoms with E-state index in [2.05, 4.69) is 28.2 Å². The molecule has 1 N–H and O–H groups in total. The number of methoxy groups -OCH3 is 1. The highest BCUT2D eigenvalue weighted by Gasteiger charge is 2.58. The van der Waals surface area contributed by atoms with Crippen LogP contribution in [0.3, 0.4) is 0 Å². The van der Waals surface area contributed by atoms with Gasteiger partial charge in [0.25, 0.3) is 0 Å². The number of piperidine rings is 1. The Kier molecular flexibility index (Phi) is 6.49. The maximum Gasteiger partial charge on any atom is 0.229 e. The SMILES string of the molecule is CO[C@@H]1COC[C@]1(C)N1CCC(c2cc3cc(NC(=O)[C@H]4CC45CCOCC5)ncc3cc2Cl)CC1. The predicted molar refractivity (Wildman–Crippen MR) is 140 cm³/mol. The van der Waals surface area contributed by atoms with Crippen LogP contribution in [0.4, 0.5) is 5.82 Å². The van der Waals surface area contributed by atoms with E-state index in [-0.39, 0.29) is 28.9 Å². The largest absolute Gasteiger partial charge is 0.381 e. The molecule has 3 atom stereocenters. The molecule has 3 saturated heterocycles. The molecule has 0 unspecified atom stereocenters. The second-order valence-corrected chi connectivity index (χ2v) is 11.8. The number of pyridine rings is 1. The minimum Gasteiger partial charge on any atom is -0.381 e. The number of halogens is 1. The van der Waals surface area contributed by atoms with Crippen LogP contribution in [-0.4, -0.2) is 74.1 Å². The Morgan fingerprint density at radius 2 is 1.94 bits per heavy atom. The van der Waals surface area contributed by atoms with Crippen LogP contribution in [0.5, 0.6) is 0 Å². The van der Waals surface area contributed by atoms with Gasteiger partial charge in [-0.2, -0.15) is 0 Å². The summed E-state index contributed by atoms with van der Waals surface area (Å²) in [7, 11) is 1.78. The topological polar surface area (TPSA) is 72.9 Å². The van der Waals surface area contributed by atoms with Crippen molar-refractivity contribution >= 4 is 34.1 Å². The Bertz CT molecular complexity index is 1150. The van der Waals surface area contributed by atoms with Crippen molar-refractivity contribution in [3.05, 3.63) is 35.0 Å². The van der Waals surface area contributed by atoms with Gasteiger partial charge in [0.2, 0.25) is 5.91 Å². The fourth-order valence-corrected chi connectivity index (χ4v) is 7.12. The van der Waals surface area contributed by atoms with Crippen LogP contribution in [-0.2, 0) is 19.0 Å². The van der Waals surface area contributed by atoms with Gasteiger partial charge in [-0.05, 0) is 92.6 Å². The van der Waals surface area contributed by atoms with Gasteiger partial charge in [-0.25, -0.2) is 4.98 Å². The van der Waals surface area contributed by atoms with Crippen LogP contribution in [0.2, 0.25) is 5.02 Å². The Labute approximate surface area is 217 Å². The highest BCUT2D eigenvalue weighted by molar-refractivity contribution is 6.32. The van der Waals surface area contributed by atoms with E-state index < -0.39 is 0 Å². The first-order valence-corrected chi connectivity index (χ1v) is 13.6. The van der Waals surface area contributed by atoms with Gasteiger partial charge in [0.15, 0.2) is 0 Å². The molecular weight excluding hydrogens is 478 g/mol. The summed E-state index contributed by atoms with van der Waals surface area (Å²) in [5.41, 5.74) is 1.27. The number of rotatable bonds is 5. The van der Waals surface area contributed by atoms with Crippen LogP contribution in [0, 0.1) is 11.3 Å². The summed E-state index contributed by atoms with van der Waals surface area (Å²) in [6, 6.07) is 6.20. The quantitative estimate of drug-likeness (QED) is 0.628. The number of ether oxygens (including phenoxy) is 3. The third kappa shape index (κ3) is 4.33. The molecule has 0 radical (unpaired) electrons. The van der Waals surface area contributed by atoms with Crippen molar-refractivity contribution in [3.63, 3.8) is 0 Å². The summed E-state index contributed by atoms with van der Waals surface area (Å²) in [6.07, 6.45) is 6.93. The number of carbonyl (C=O) groups is 1. The maximum absolute atomic E-state index is 12.9. The maximum atomic E-state index is 12.9. The molecule has 6 rings (SSSR count). The van der Waals surface area contributed by atoms with E-state index in [1.54, 1.807) is 7.11 Å². The number of aromatic nitrogens is 1. The average Bonchev–Trinajstić information content (AvgIpc) is 3.44. The molecule has 1 aromatic heterocycles. The van der Waals surface area contributed by atoms with E-state index in [0.29, 0.717) is 24.9 Å². The molecule has 8 heteroatoms. The van der Waals surface area contributed by atoms with Crippen LogP contribution in [0.1, 0.15) is 50.5 Å². The van der Waals surface area contributed by atoms with Gasteiger partial charge < -0.3 is 19.5 Å². The van der Waals surface area contributed by atoms with Crippen molar-refractivity contribution in [1.82, 2.24) is 9.88 Å². The zero-order valence-electron chi connectivity index (χ0n) is 21.2. The minimum atomic E-state index is -0.0730. The number of likely N-dealkylation sites (tertiary alicyclic amines) is 1. The number of hydrogen-bond donors (Lipinski definition) is 1. The summed E-state index contributed by atoms with van der Waals surface area (Å²) in [4.78, 5) is 20.0. The highest BCUT2D eigenvalue weighted by atomic mass is 35.5. The first-order chi connectivity index (χ1) is 17.4. The zero-order valence-corrected chi connectivity index (χ0v) is 22.0. The molecule has 2 aromatic rings. The summed E-state index contributed by atoms with van der Waals surface area (Å²) in [6.45, 7) is 7.14. The summed E-state index contributed by atoms with van der Waals surface area (Å²) in [5, 5.41) is 5.93. The molecule has 3 aliphatic heterocycles. The van der Waals surface area contributed by atoms with Gasteiger partial charge in [0.1, 0.15) is 11.9 Å². The van der Waals surface area contributed by atoms with Crippen LogP contribution in [0.15, 0.2) is 24.4 Å². The van der Waals surface area contributed by atoms with Gasteiger partial charge in [0.05, 0.1) is 18.8 Å². The molecule has 7 nitrogen and oxygen atoms in total. The normalized spacial score (nSPS) is 30.6. The Morgan fingerprint density at radius 1 is 1.17 bits per heavy atom. The van der Waals surface area contributed by atoms with Crippen molar-refractivity contribution in [3.8, 4) is 0 Å². The van der Waals surface area contributed by atoms with Crippen molar-refractivity contribution in [2.75, 3.05) is 51.9 Å². The number of nitrogens with zero attached hydrogens (tertiary/aromatic N) is 2. The lowest BCUT2D eigenvalue weighted by atomic mass is 9.85. The monoisotopic (exact) mass is 513 g/mol. The predicted octanol–water partition coefficient (Wildman–Crippen LogP) is 4.63. The van der Waals surface area contributed by atoms with Crippen molar-refractivity contribution in [2.24, 2.45) is 11.3 Å². The first-order valence-electron chi connectivity index (χ1n) is 13.3. The molecule has 0 bridgehead atoms. The van der Waals surface area contributed by atoms with Gasteiger partial charge in [-0.15, -0.1) is 0 Å². The number of carbonyl (C=O) groups excluding carboxylic acids is 1. The molecule has 1 saturated carbocycles. The summed E-state index contributed by atoms with van der Waals surface area (Å²) in [5.74, 6) is 1.18. The molecule has 4 aliphatic rings. The summed E-state index contributed by atoms with van der Waals surface area (Å²) < 4.78 is 17.0. The Morgan fingerprint density at radius 3 is 2.69 bits per heavy atom. The van der Waals surface area contributed by atoms with Crippen molar-refractivity contribution in [1.29, 1.82) is 0 Å². The second-order valence-electron chi connectivity index (χ2n) is 11.4. The van der Waals surface area contributed by atoms with E-state index in [1.165, 1.54) is 5.56 Å². The van der Waals surface area contributed by atoms with Gasteiger partial charge in [0, 0.05) is 42.8 Å². The summed E-state index contributed by atoms with van der Waals surface area (Å²) >= 11 is 6.77. The van der Waals surface area contributed by atoms with Crippen LogP contribution >= 0.6 is 11.6 Å². The average molecular weight is 514 g/mol. The molecular formula is C28H36ClN3O4. The van der Waals surface area contributed by atoms with E-state index in [0.717, 1.165) is 74.2 Å². The number of benzene rings is 1. The lowest BCUT2D eigenvalue weighted by Crippen LogP contribution is -2.57. The standard InChI is InChI=1S/C28H36ClN3O4/c1-27(17-36-16-24(27)34-2)32-7-3-18(4-8-32)21-11-19-13-25(30-15-20(19)12-23(21)29)31-26(33)22-14-28(22)5-9-35-10-6-28/h11-13,15,18,22,24H,3-10,14,16-17H2,1-2H3,(H,30,31,33)/t22-,24-,27+/m1/s1. The van der Waals surface area contributed by atoms with Gasteiger partial charge in [-0.1, -0.05) is 11.6 Å². The lowest BCUT2D eigenvalue weighted by molar-refractivity contribution is -0.118. The van der Waals surface area contributed by atoms with Crippen molar-refractivity contribution in [2.45, 2.75) is 56.6 Å². The molecule has 4 heterocycles. The van der Waals surface area contributed by atoms with E-state index in [4.69, 9.17) is 25.8 Å². The minimum absolute atomic E-state index is 0.0730. The van der Waals surface area contributed by atoms with Gasteiger partial charge >= 0.3 is 0 Å². The number of fused-ring (bicyclic) bond motifs is 1. The number of anilines is 1. The van der Waals surface area contributed by atoms with Crippen molar-refractivity contribution < 1.29 is 19.0 Å². The van der Waals surface area contributed by atoms with E-state index >= 15 is 0 Å². The highest BCUT2D eigenvalue weighted by Crippen LogP contribution is 2.59. The Hall–Kier alpha value is -1.77. The molecule has 1 aliphatic carbocycles. The number of amides is 1. The molecule has 1 aromatic carbocycles. The van der Waals surface area contributed by atoms with E-state index in [1.807, 2.05) is 18.3 Å². The second kappa shape index (κ2) is 9.52. The smallest absolute Gasteiger partial charge is 0.229 e. The number of hydrogen-bond acceptors (Lipinski definition) is 6. The van der Waals surface area contributed by atoms with Gasteiger partial charge in [-0.3, -0.25) is 9.69 Å². The first kappa shape index (κ1) is 24.6. The molecule has 36 heavy (non-hydrogen) atoms. The number of nitrogens with one attached hydrogen (secondary N) is 1. The molecule has 1 amide bonds. The van der Waals surface area contributed by atoms with Crippen LogP contribution < -0.4 is 5.32 Å². The zero-order chi connectivity index (χ0) is 24.9. The van der Waals surface area contributed by atoms with E-state index in [9.17, 15) is 4.79 Å². The Balaban J connectivity index is 1.15. The fraction of sp³-hybridized carbons (Fsp3) is 0.643.